The van der Waals surface area contributed by atoms with Crippen LogP contribution in [-0.2, 0) is 43.4 Å². The van der Waals surface area contributed by atoms with Crippen LogP contribution in [0.5, 0.6) is 0 Å². The molecule has 0 saturated heterocycles. The van der Waals surface area contributed by atoms with Gasteiger partial charge in [-0.15, -0.1) is 0 Å². The van der Waals surface area contributed by atoms with E-state index >= 15 is 0 Å². The molecule has 0 bridgehead atoms. The van der Waals surface area contributed by atoms with Gasteiger partial charge in [0, 0.05) is 0 Å². The summed E-state index contributed by atoms with van der Waals surface area (Å²) < 4.78 is 0. The summed E-state index contributed by atoms with van der Waals surface area (Å²) in [5.41, 5.74) is 0. The summed E-state index contributed by atoms with van der Waals surface area (Å²) in [4.78, 5) is 0. The number of hydrogen-bond acceptors (Lipinski definition) is 0. The van der Waals surface area contributed by atoms with Gasteiger partial charge in [-0.25, -0.2) is 0 Å². The second-order valence-electron chi connectivity index (χ2n) is 3.15. The molecule has 2 aromatic carbocycles. The van der Waals surface area contributed by atoms with E-state index in [2.05, 4.69) is 26.0 Å². The predicted molar refractivity (Wildman–Crippen MR) is 98.3 cm³/mol. The van der Waals surface area contributed by atoms with Gasteiger partial charge in [0.15, 0.2) is 0 Å². The molecule has 0 aliphatic heterocycles. The first-order chi connectivity index (χ1) is 8.83. The Balaban J connectivity index is -0.0000000290. The first kappa shape index (κ1) is 43.4. The van der Waals surface area contributed by atoms with Gasteiger partial charge in [0.05, 0.1) is 0 Å². The fourth-order valence-corrected chi connectivity index (χ4v) is 0.684. The topological polar surface area (TPSA) is 31.5 Å². The van der Waals surface area contributed by atoms with Crippen LogP contribution in [0.15, 0.2) is 60.7 Å². The van der Waals surface area contributed by atoms with Crippen molar-refractivity contribution in [2.75, 3.05) is 0 Å². The summed E-state index contributed by atoms with van der Waals surface area (Å²) in [7, 11) is 0. The number of hydrogen-bond donors (Lipinski definition) is 0. The van der Waals surface area contributed by atoms with Crippen molar-refractivity contribution < 1.29 is 48.9 Å². The molecule has 2 N–H and O–H groups in total. The van der Waals surface area contributed by atoms with Crippen molar-refractivity contribution in [3.8, 4) is 0 Å². The van der Waals surface area contributed by atoms with Crippen LogP contribution in [0.4, 0.5) is 0 Å². The Morgan fingerprint density at radius 2 is 0.783 bits per heavy atom. The third kappa shape index (κ3) is 61.3. The van der Waals surface area contributed by atoms with Gasteiger partial charge in [0.2, 0.25) is 0 Å². The van der Waals surface area contributed by atoms with Gasteiger partial charge in [-0.2, -0.15) is 85.6 Å². The summed E-state index contributed by atoms with van der Waals surface area (Å²) >= 11 is 0. The molecular formula is C20H32OTi2. The average molecular weight is 384 g/mol. The third-order valence-corrected chi connectivity index (χ3v) is 1.21. The summed E-state index contributed by atoms with van der Waals surface area (Å²) in [5, 5.41) is 0. The molecule has 0 aliphatic carbocycles. The average Bonchev–Trinajstić information content (AvgIpc) is 2.45. The van der Waals surface area contributed by atoms with Crippen LogP contribution in [0.25, 0.3) is 0 Å². The molecule has 0 aromatic heterocycles. The SMILES string of the molecule is O.[CH2-]CC.[CH2-]CC.[CH3-].[CH3-].[Ti+3].[Ti+3].[c-]1ccccc1.[c-]1ccccc1. The van der Waals surface area contributed by atoms with E-state index in [0.29, 0.717) is 0 Å². The third-order valence-electron chi connectivity index (χ3n) is 1.21. The van der Waals surface area contributed by atoms with E-state index in [0.717, 1.165) is 12.8 Å². The van der Waals surface area contributed by atoms with Crippen molar-refractivity contribution >= 4 is 0 Å². The first-order valence-corrected chi connectivity index (χ1v) is 6.24. The molecule has 2 aromatic rings. The first-order valence-electron chi connectivity index (χ1n) is 6.24. The Bertz CT molecular complexity index is 215. The van der Waals surface area contributed by atoms with Gasteiger partial charge in [-0.3, -0.25) is 0 Å². The van der Waals surface area contributed by atoms with Crippen LogP contribution in [0, 0.1) is 40.8 Å². The molecule has 0 aliphatic rings. The molecule has 0 atom stereocenters. The molecule has 2 radical (unpaired) electrons. The van der Waals surface area contributed by atoms with Gasteiger partial charge in [-0.1, -0.05) is 13.8 Å². The van der Waals surface area contributed by atoms with E-state index in [1.165, 1.54) is 0 Å². The van der Waals surface area contributed by atoms with Crippen molar-refractivity contribution in [2.45, 2.75) is 26.7 Å². The fraction of sp³-hybridized carbons (Fsp3) is 0.200. The second-order valence-corrected chi connectivity index (χ2v) is 3.15. The van der Waals surface area contributed by atoms with Crippen molar-refractivity contribution in [2.24, 2.45) is 0 Å². The van der Waals surface area contributed by atoms with Crippen LogP contribution in [0.2, 0.25) is 0 Å². The quantitative estimate of drug-likeness (QED) is 0.424. The maximum absolute atomic E-state index is 3.49. The summed E-state index contributed by atoms with van der Waals surface area (Å²) in [6.07, 6.45) is 2.00. The number of rotatable bonds is 0. The molecule has 1 nitrogen and oxygen atoms in total. The van der Waals surface area contributed by atoms with E-state index < -0.39 is 0 Å². The molecule has 2 rings (SSSR count). The summed E-state index contributed by atoms with van der Waals surface area (Å²) in [6, 6.07) is 25.0. The van der Waals surface area contributed by atoms with Gasteiger partial charge in [-0.05, 0) is 0 Å². The van der Waals surface area contributed by atoms with Crippen LogP contribution < -0.4 is 0 Å². The van der Waals surface area contributed by atoms with E-state index in [1.807, 2.05) is 74.5 Å². The molecule has 0 unspecified atom stereocenters. The Morgan fingerprint density at radius 3 is 0.826 bits per heavy atom. The summed E-state index contributed by atoms with van der Waals surface area (Å²) in [5.74, 6) is 0. The molecular weight excluding hydrogens is 352 g/mol. The summed E-state index contributed by atoms with van der Waals surface area (Å²) in [6.45, 7) is 11.0. The molecule has 0 amide bonds. The molecule has 23 heavy (non-hydrogen) atoms. The number of benzene rings is 2. The minimum atomic E-state index is 0. The Morgan fingerprint density at radius 1 is 0.609 bits per heavy atom. The Kier molecular flexibility index (Phi) is 93.5. The van der Waals surface area contributed by atoms with Gasteiger partial charge < -0.3 is 34.2 Å². The van der Waals surface area contributed by atoms with Crippen LogP contribution >= 0.6 is 0 Å². The van der Waals surface area contributed by atoms with Crippen molar-refractivity contribution in [1.82, 2.24) is 0 Å². The fourth-order valence-electron chi connectivity index (χ4n) is 0.684. The Hall–Kier alpha value is -0.171. The monoisotopic (exact) mass is 384 g/mol. The standard InChI is InChI=1S/2C6H5.2C3H7.2CH3.H2O.2Ti/c2*1-2-4-6-5-3-1;2*1-3-2;;;;;/h2*1-5H;2*1,3H2,2H3;2*1H3;1H2;;/q6*-1;;2*+3. The molecule has 0 heterocycles. The van der Waals surface area contributed by atoms with Crippen molar-refractivity contribution in [3.63, 3.8) is 0 Å². The maximum atomic E-state index is 3.49. The molecule has 0 saturated carbocycles. The van der Waals surface area contributed by atoms with E-state index in [-0.39, 0.29) is 63.8 Å². The molecule has 0 spiro atoms. The largest absolute Gasteiger partial charge is 3.00 e. The van der Waals surface area contributed by atoms with E-state index in [4.69, 9.17) is 0 Å². The van der Waals surface area contributed by atoms with Crippen LogP contribution in [0.3, 0.4) is 0 Å². The van der Waals surface area contributed by atoms with Crippen LogP contribution in [0.1, 0.15) is 26.7 Å². The normalized spacial score (nSPS) is 5.74. The van der Waals surface area contributed by atoms with E-state index in [1.54, 1.807) is 0 Å². The molecule has 3 heteroatoms. The second kappa shape index (κ2) is 49.5. The zero-order chi connectivity index (χ0) is 13.9. The van der Waals surface area contributed by atoms with Gasteiger partial charge in [0.1, 0.15) is 0 Å². The van der Waals surface area contributed by atoms with Crippen LogP contribution in [-0.4, -0.2) is 5.48 Å². The predicted octanol–water partition coefficient (Wildman–Crippen LogP) is 5.51. The minimum Gasteiger partial charge on any atom is -0.412 e. The Labute approximate surface area is 176 Å². The van der Waals surface area contributed by atoms with E-state index in [9.17, 15) is 0 Å². The van der Waals surface area contributed by atoms with Gasteiger partial charge >= 0.3 is 43.4 Å². The smallest absolute Gasteiger partial charge is 0.412 e. The van der Waals surface area contributed by atoms with Crippen molar-refractivity contribution in [1.29, 1.82) is 0 Å². The zero-order valence-electron chi connectivity index (χ0n) is 15.1. The maximum Gasteiger partial charge on any atom is 3.00 e. The van der Waals surface area contributed by atoms with Crippen molar-refractivity contribution in [3.05, 3.63) is 101 Å². The van der Waals surface area contributed by atoms with Gasteiger partial charge in [0.25, 0.3) is 0 Å². The minimum absolute atomic E-state index is 0. The molecule has 0 fully saturated rings. The molecule has 126 valence electrons. The zero-order valence-corrected chi connectivity index (χ0v) is 18.2.